The van der Waals surface area contributed by atoms with Gasteiger partial charge in [-0.2, -0.15) is 0 Å². The van der Waals surface area contributed by atoms with E-state index in [0.29, 0.717) is 17.5 Å². The van der Waals surface area contributed by atoms with E-state index < -0.39 is 0 Å². The van der Waals surface area contributed by atoms with Crippen molar-refractivity contribution in [1.29, 1.82) is 0 Å². The second-order valence-electron chi connectivity index (χ2n) is 20.3. The maximum absolute atomic E-state index is 5.57. The number of nitrogens with zero attached hydrogens (tertiary/aromatic N) is 4. The monoisotopic (exact) mass is 912 g/mol. The fourth-order valence-corrected chi connectivity index (χ4v) is 13.6. The lowest BCUT2D eigenvalue weighted by Crippen LogP contribution is -2.14. The summed E-state index contributed by atoms with van der Waals surface area (Å²) in [7, 11) is 0. The van der Waals surface area contributed by atoms with Crippen molar-refractivity contribution in [2.45, 2.75) is 38.5 Å². The molecule has 0 unspecified atom stereocenters. The lowest BCUT2D eigenvalue weighted by molar-refractivity contribution is 0.660. The van der Waals surface area contributed by atoms with Crippen LogP contribution in [0.1, 0.15) is 49.9 Å². The molecule has 0 saturated heterocycles. The van der Waals surface area contributed by atoms with Gasteiger partial charge in [-0.15, -0.1) is 11.3 Å². The van der Waals surface area contributed by atoms with Gasteiger partial charge < -0.3 is 4.57 Å². The van der Waals surface area contributed by atoms with E-state index in [1.165, 1.54) is 92.3 Å². The van der Waals surface area contributed by atoms with Crippen LogP contribution in [0.2, 0.25) is 0 Å². The standard InChI is InChI=1S/C65H44N4S/c1-64(2)51-22-12-9-19-44(51)47-33-39(25-29-53(47)64)61-66-62(40-26-30-54-48(34-40)45-20-10-13-23-52(45)65(54,3)4)68-63(67-61)50-36-41(35-49-46-21-11-14-24-57(46)70-60(49)50)69-55-31-27-37-15-5-7-17-42(37)58(55)59-43-18-8-6-16-38(43)28-32-56(59)69/h5-36H,1-4H3. The van der Waals surface area contributed by atoms with E-state index in [-0.39, 0.29) is 10.8 Å². The second kappa shape index (κ2) is 14.2. The highest BCUT2D eigenvalue weighted by molar-refractivity contribution is 7.26. The summed E-state index contributed by atoms with van der Waals surface area (Å²) in [6.45, 7) is 9.31. The van der Waals surface area contributed by atoms with Gasteiger partial charge in [0.15, 0.2) is 17.5 Å². The molecular formula is C65H44N4S. The van der Waals surface area contributed by atoms with Crippen LogP contribution >= 0.6 is 11.3 Å². The van der Waals surface area contributed by atoms with Gasteiger partial charge in [-0.1, -0.05) is 179 Å². The molecule has 3 heterocycles. The third-order valence-electron chi connectivity index (χ3n) is 15.8. The van der Waals surface area contributed by atoms with Crippen LogP contribution in [0.4, 0.5) is 0 Å². The highest BCUT2D eigenvalue weighted by Crippen LogP contribution is 2.52. The van der Waals surface area contributed by atoms with E-state index in [1.54, 1.807) is 0 Å². The molecule has 330 valence electrons. The van der Waals surface area contributed by atoms with Gasteiger partial charge in [0.1, 0.15) is 0 Å². The Morgan fingerprint density at radius 1 is 0.371 bits per heavy atom. The normalized spacial score (nSPS) is 14.2. The lowest BCUT2D eigenvalue weighted by Gasteiger charge is -2.21. The Morgan fingerprint density at radius 2 is 0.843 bits per heavy atom. The zero-order valence-corrected chi connectivity index (χ0v) is 40.0. The van der Waals surface area contributed by atoms with Crippen molar-refractivity contribution in [3.05, 3.63) is 216 Å². The van der Waals surface area contributed by atoms with Gasteiger partial charge in [-0.3, -0.25) is 0 Å². The number of benzene rings is 10. The van der Waals surface area contributed by atoms with Crippen LogP contribution in [0, 0.1) is 0 Å². The Bertz CT molecular complexity index is 4210. The second-order valence-corrected chi connectivity index (χ2v) is 21.4. The van der Waals surface area contributed by atoms with Crippen molar-refractivity contribution < 1.29 is 0 Å². The Morgan fingerprint density at radius 3 is 1.41 bits per heavy atom. The molecule has 2 aliphatic carbocycles. The van der Waals surface area contributed by atoms with Gasteiger partial charge in [0.2, 0.25) is 0 Å². The summed E-state index contributed by atoms with van der Waals surface area (Å²) < 4.78 is 4.85. The molecular weight excluding hydrogens is 869 g/mol. The van der Waals surface area contributed by atoms with Crippen molar-refractivity contribution in [2.24, 2.45) is 0 Å². The number of aromatic nitrogens is 4. The predicted molar refractivity (Wildman–Crippen MR) is 294 cm³/mol. The maximum atomic E-state index is 5.57. The minimum atomic E-state index is -0.118. The molecule has 15 rings (SSSR count). The summed E-state index contributed by atoms with van der Waals surface area (Å²) >= 11 is 1.81. The third kappa shape index (κ3) is 5.44. The van der Waals surface area contributed by atoms with E-state index in [9.17, 15) is 0 Å². The SMILES string of the molecule is CC1(C)c2ccccc2-c2cc(-c3nc(-c4ccc5c(c4)-c4ccccc4C5(C)C)nc(-c4cc(-n5c6ccc7ccccc7c6c6c7ccccc7ccc65)cc5c4sc4ccccc45)n3)ccc21. The molecule has 0 spiro atoms. The highest BCUT2D eigenvalue weighted by atomic mass is 32.1. The van der Waals surface area contributed by atoms with Crippen LogP contribution in [-0.2, 0) is 10.8 Å². The average Bonchev–Trinajstić information content (AvgIpc) is 4.09. The predicted octanol–water partition coefficient (Wildman–Crippen LogP) is 17.3. The van der Waals surface area contributed by atoms with Crippen LogP contribution < -0.4 is 0 Å². The summed E-state index contributed by atoms with van der Waals surface area (Å²) in [6.07, 6.45) is 0. The number of hydrogen-bond donors (Lipinski definition) is 0. The zero-order valence-electron chi connectivity index (χ0n) is 39.2. The molecule has 0 radical (unpaired) electrons. The highest BCUT2D eigenvalue weighted by Gasteiger charge is 2.37. The molecule has 0 amide bonds. The molecule has 3 aromatic heterocycles. The molecule has 70 heavy (non-hydrogen) atoms. The van der Waals surface area contributed by atoms with Crippen LogP contribution in [0.3, 0.4) is 0 Å². The van der Waals surface area contributed by atoms with Crippen molar-refractivity contribution in [3.63, 3.8) is 0 Å². The molecule has 0 saturated carbocycles. The third-order valence-corrected chi connectivity index (χ3v) is 17.0. The van der Waals surface area contributed by atoms with Gasteiger partial charge >= 0.3 is 0 Å². The maximum Gasteiger partial charge on any atom is 0.165 e. The first-order valence-corrected chi connectivity index (χ1v) is 25.1. The summed E-state index contributed by atoms with van der Waals surface area (Å²) in [5.41, 5.74) is 16.4. The minimum absolute atomic E-state index is 0.118. The number of thiophene rings is 1. The van der Waals surface area contributed by atoms with Gasteiger partial charge in [0, 0.05) is 64.2 Å². The van der Waals surface area contributed by atoms with E-state index in [4.69, 9.17) is 15.0 Å². The summed E-state index contributed by atoms with van der Waals surface area (Å²) in [5, 5.41) is 9.86. The number of fused-ring (bicyclic) bond motifs is 16. The topological polar surface area (TPSA) is 43.6 Å². The fourth-order valence-electron chi connectivity index (χ4n) is 12.4. The fraction of sp³-hybridized carbons (Fsp3) is 0.0923. The molecule has 4 nitrogen and oxygen atoms in total. The Hall–Kier alpha value is -8.25. The van der Waals surface area contributed by atoms with Crippen molar-refractivity contribution >= 4 is 74.9 Å². The van der Waals surface area contributed by atoms with E-state index in [0.717, 1.165) is 38.1 Å². The molecule has 0 aliphatic heterocycles. The molecule has 0 atom stereocenters. The van der Waals surface area contributed by atoms with Crippen molar-refractivity contribution in [1.82, 2.24) is 19.5 Å². The average molecular weight is 913 g/mol. The molecule has 0 bridgehead atoms. The Labute approximate surface area is 409 Å². The molecule has 10 aromatic carbocycles. The summed E-state index contributed by atoms with van der Waals surface area (Å²) in [4.78, 5) is 16.6. The van der Waals surface area contributed by atoms with Gasteiger partial charge in [0.05, 0.1) is 11.0 Å². The molecule has 0 N–H and O–H groups in total. The zero-order chi connectivity index (χ0) is 46.6. The summed E-state index contributed by atoms with van der Waals surface area (Å²) in [6, 6.07) is 71.6. The van der Waals surface area contributed by atoms with Crippen molar-refractivity contribution in [3.8, 4) is 62.1 Å². The Kier molecular flexibility index (Phi) is 8.04. The molecule has 2 aliphatic rings. The minimum Gasteiger partial charge on any atom is -0.309 e. The van der Waals surface area contributed by atoms with Crippen LogP contribution in [0.5, 0.6) is 0 Å². The first-order valence-electron chi connectivity index (χ1n) is 24.3. The smallest absolute Gasteiger partial charge is 0.165 e. The van der Waals surface area contributed by atoms with Crippen LogP contribution in [0.15, 0.2) is 194 Å². The molecule has 5 heteroatoms. The summed E-state index contributed by atoms with van der Waals surface area (Å²) in [5.74, 6) is 1.96. The van der Waals surface area contributed by atoms with E-state index in [1.807, 2.05) is 11.3 Å². The quantitative estimate of drug-likeness (QED) is 0.177. The van der Waals surface area contributed by atoms with Crippen molar-refractivity contribution in [2.75, 3.05) is 0 Å². The number of hydrogen-bond acceptors (Lipinski definition) is 4. The first-order chi connectivity index (χ1) is 34.2. The first kappa shape index (κ1) is 39.7. The van der Waals surface area contributed by atoms with Crippen LogP contribution in [0.25, 0.3) is 126 Å². The largest absolute Gasteiger partial charge is 0.309 e. The molecule has 0 fully saturated rings. The van der Waals surface area contributed by atoms with E-state index in [2.05, 4.69) is 226 Å². The lowest BCUT2D eigenvalue weighted by atomic mass is 9.82. The molecule has 13 aromatic rings. The van der Waals surface area contributed by atoms with Gasteiger partial charge in [0.25, 0.3) is 0 Å². The van der Waals surface area contributed by atoms with Gasteiger partial charge in [-0.05, 0) is 109 Å². The number of rotatable bonds is 4. The Balaban J connectivity index is 1.03. The van der Waals surface area contributed by atoms with Gasteiger partial charge in [-0.25, -0.2) is 15.0 Å². The van der Waals surface area contributed by atoms with E-state index >= 15 is 0 Å². The van der Waals surface area contributed by atoms with Crippen LogP contribution in [-0.4, -0.2) is 19.5 Å².